The lowest BCUT2D eigenvalue weighted by Crippen LogP contribution is -2.40. The highest BCUT2D eigenvalue weighted by atomic mass is 35.5. The van der Waals surface area contributed by atoms with Crippen molar-refractivity contribution in [3.63, 3.8) is 0 Å². The van der Waals surface area contributed by atoms with Gasteiger partial charge in [-0.3, -0.25) is 10.1 Å². The van der Waals surface area contributed by atoms with E-state index in [0.717, 1.165) is 31.7 Å². The number of nitrogens with one attached hydrogen (secondary N) is 1. The molecule has 1 N–H and O–H groups in total. The molecule has 0 radical (unpaired) electrons. The molecule has 1 aromatic rings. The topological polar surface area (TPSA) is 89.3 Å². The third-order valence-corrected chi connectivity index (χ3v) is 6.97. The lowest BCUT2D eigenvalue weighted by atomic mass is 9.75. The fourth-order valence-electron chi connectivity index (χ4n) is 2.67. The number of thiophene rings is 1. The molecule has 0 spiro atoms. The van der Waals surface area contributed by atoms with Crippen molar-refractivity contribution in [3.8, 4) is 0 Å². The van der Waals surface area contributed by atoms with Crippen LogP contribution in [0.2, 0.25) is 4.34 Å². The van der Waals surface area contributed by atoms with Crippen LogP contribution >= 0.6 is 22.9 Å². The van der Waals surface area contributed by atoms with Crippen molar-refractivity contribution in [1.82, 2.24) is 4.72 Å². The first kappa shape index (κ1) is 16.7. The molecule has 9 heteroatoms. The standard InChI is InChI=1S/C12H17ClN2O4S2/c1-12(2)5-3-4-8(7-12)14-21(18,19)10-6-9(15(16)17)11(13)20-10/h6,8,14H,3-5,7H2,1-2H3. The van der Waals surface area contributed by atoms with Crippen molar-refractivity contribution in [2.45, 2.75) is 49.8 Å². The van der Waals surface area contributed by atoms with Gasteiger partial charge in [0.2, 0.25) is 0 Å². The number of nitrogens with zero attached hydrogens (tertiary/aromatic N) is 1. The van der Waals surface area contributed by atoms with Gasteiger partial charge in [-0.2, -0.15) is 0 Å². The second kappa shape index (κ2) is 5.83. The summed E-state index contributed by atoms with van der Waals surface area (Å²) in [4.78, 5) is 10.1. The summed E-state index contributed by atoms with van der Waals surface area (Å²) in [5.74, 6) is 0. The second-order valence-electron chi connectivity index (χ2n) is 6.06. The minimum absolute atomic E-state index is 0.102. The molecule has 1 fully saturated rings. The first-order chi connectivity index (χ1) is 9.61. The molecule has 2 rings (SSSR count). The van der Waals surface area contributed by atoms with Crippen LogP contribution in [0, 0.1) is 15.5 Å². The average Bonchev–Trinajstić information content (AvgIpc) is 2.70. The van der Waals surface area contributed by atoms with Gasteiger partial charge in [0.1, 0.15) is 4.21 Å². The molecule has 0 saturated heterocycles. The lowest BCUT2D eigenvalue weighted by Gasteiger charge is -2.35. The third kappa shape index (κ3) is 3.94. The zero-order valence-corrected chi connectivity index (χ0v) is 14.1. The van der Waals surface area contributed by atoms with Crippen LogP contribution in [0.25, 0.3) is 0 Å². The number of hydrogen-bond donors (Lipinski definition) is 1. The zero-order chi connectivity index (χ0) is 15.8. The Labute approximate surface area is 132 Å². The van der Waals surface area contributed by atoms with Crippen molar-refractivity contribution in [2.75, 3.05) is 0 Å². The second-order valence-corrected chi connectivity index (χ2v) is 9.66. The monoisotopic (exact) mass is 352 g/mol. The predicted octanol–water partition coefficient (Wildman–Crippen LogP) is 3.56. The summed E-state index contributed by atoms with van der Waals surface area (Å²) in [6, 6.07) is 0.877. The molecule has 0 aromatic carbocycles. The number of sulfonamides is 1. The summed E-state index contributed by atoms with van der Waals surface area (Å²) in [6.45, 7) is 4.22. The number of hydrogen-bond acceptors (Lipinski definition) is 5. The van der Waals surface area contributed by atoms with Gasteiger partial charge in [-0.25, -0.2) is 13.1 Å². The SMILES string of the molecule is CC1(C)CCCC(NS(=O)(=O)c2cc([N+](=O)[O-])c(Cl)s2)C1. The van der Waals surface area contributed by atoms with Gasteiger partial charge in [-0.1, -0.05) is 31.9 Å². The Morgan fingerprint density at radius 1 is 1.52 bits per heavy atom. The minimum Gasteiger partial charge on any atom is -0.258 e. The third-order valence-electron chi connectivity index (χ3n) is 3.63. The van der Waals surface area contributed by atoms with Gasteiger partial charge in [0.05, 0.1) is 4.92 Å². The van der Waals surface area contributed by atoms with Gasteiger partial charge < -0.3 is 0 Å². The van der Waals surface area contributed by atoms with Gasteiger partial charge in [-0.05, 0) is 24.7 Å². The van der Waals surface area contributed by atoms with Gasteiger partial charge in [0.15, 0.2) is 4.34 Å². The fraction of sp³-hybridized carbons (Fsp3) is 0.667. The van der Waals surface area contributed by atoms with E-state index in [0.29, 0.717) is 11.3 Å². The van der Waals surface area contributed by atoms with Crippen LogP contribution in [-0.4, -0.2) is 19.4 Å². The molecule has 21 heavy (non-hydrogen) atoms. The van der Waals surface area contributed by atoms with E-state index in [4.69, 9.17) is 11.6 Å². The molecule has 1 unspecified atom stereocenters. The molecular weight excluding hydrogens is 336 g/mol. The van der Waals surface area contributed by atoms with E-state index in [1.807, 2.05) is 0 Å². The van der Waals surface area contributed by atoms with E-state index in [-0.39, 0.29) is 25.7 Å². The maximum atomic E-state index is 12.3. The Kier molecular flexibility index (Phi) is 4.63. The van der Waals surface area contributed by atoms with E-state index in [1.165, 1.54) is 0 Å². The summed E-state index contributed by atoms with van der Waals surface area (Å²) in [5, 5.41) is 10.7. The Balaban J connectivity index is 2.19. The molecule has 1 aliphatic rings. The molecule has 1 atom stereocenters. The van der Waals surface area contributed by atoms with Crippen LogP contribution in [0.15, 0.2) is 10.3 Å². The molecular formula is C12H17ClN2O4S2. The highest BCUT2D eigenvalue weighted by molar-refractivity contribution is 7.91. The van der Waals surface area contributed by atoms with Crippen LogP contribution in [0.4, 0.5) is 5.69 Å². The predicted molar refractivity (Wildman–Crippen MR) is 82.3 cm³/mol. The summed E-state index contributed by atoms with van der Waals surface area (Å²) < 4.78 is 27.1. The molecule has 0 aliphatic heterocycles. The quantitative estimate of drug-likeness (QED) is 0.662. The summed E-state index contributed by atoms with van der Waals surface area (Å²) in [5.41, 5.74) is -0.268. The molecule has 1 heterocycles. The molecule has 0 amide bonds. The van der Waals surface area contributed by atoms with Gasteiger partial charge in [0, 0.05) is 12.1 Å². The number of nitro groups is 1. The summed E-state index contributed by atoms with van der Waals surface area (Å²) in [6.07, 6.45) is 3.57. The van der Waals surface area contributed by atoms with Crippen molar-refractivity contribution >= 4 is 38.6 Å². The Morgan fingerprint density at radius 2 is 2.19 bits per heavy atom. The van der Waals surface area contributed by atoms with Crippen LogP contribution < -0.4 is 4.72 Å². The zero-order valence-electron chi connectivity index (χ0n) is 11.8. The smallest absolute Gasteiger partial charge is 0.258 e. The van der Waals surface area contributed by atoms with Crippen molar-refractivity contribution in [2.24, 2.45) is 5.41 Å². The minimum atomic E-state index is -3.77. The molecule has 1 aliphatic carbocycles. The van der Waals surface area contributed by atoms with Crippen LogP contribution in [-0.2, 0) is 10.0 Å². The maximum absolute atomic E-state index is 12.3. The van der Waals surface area contributed by atoms with Crippen LogP contribution in [0.3, 0.4) is 0 Å². The normalized spacial score (nSPS) is 22.1. The van der Waals surface area contributed by atoms with Gasteiger partial charge in [-0.15, -0.1) is 11.3 Å². The highest BCUT2D eigenvalue weighted by Crippen LogP contribution is 2.38. The Morgan fingerprint density at radius 3 is 2.71 bits per heavy atom. The molecule has 118 valence electrons. The molecule has 1 saturated carbocycles. The Hall–Kier alpha value is -0.700. The maximum Gasteiger partial charge on any atom is 0.300 e. The van der Waals surface area contributed by atoms with Gasteiger partial charge in [0.25, 0.3) is 15.7 Å². The van der Waals surface area contributed by atoms with E-state index < -0.39 is 14.9 Å². The highest BCUT2D eigenvalue weighted by Gasteiger charge is 2.32. The van der Waals surface area contributed by atoms with E-state index in [1.54, 1.807) is 0 Å². The Bertz CT molecular complexity index is 654. The fourth-order valence-corrected chi connectivity index (χ4v) is 5.62. The van der Waals surface area contributed by atoms with Gasteiger partial charge >= 0.3 is 0 Å². The van der Waals surface area contributed by atoms with E-state index in [9.17, 15) is 18.5 Å². The lowest BCUT2D eigenvalue weighted by molar-refractivity contribution is -0.384. The largest absolute Gasteiger partial charge is 0.300 e. The van der Waals surface area contributed by atoms with E-state index >= 15 is 0 Å². The first-order valence-corrected chi connectivity index (χ1v) is 9.24. The summed E-state index contributed by atoms with van der Waals surface area (Å²) >= 11 is 6.43. The average molecular weight is 353 g/mol. The van der Waals surface area contributed by atoms with Crippen LogP contribution in [0.1, 0.15) is 39.5 Å². The number of rotatable bonds is 4. The summed E-state index contributed by atoms with van der Waals surface area (Å²) in [7, 11) is -3.77. The molecule has 0 bridgehead atoms. The first-order valence-electron chi connectivity index (χ1n) is 6.57. The van der Waals surface area contributed by atoms with E-state index in [2.05, 4.69) is 18.6 Å². The molecule has 6 nitrogen and oxygen atoms in total. The van der Waals surface area contributed by atoms with Crippen molar-refractivity contribution < 1.29 is 13.3 Å². The van der Waals surface area contributed by atoms with Crippen molar-refractivity contribution in [1.29, 1.82) is 0 Å². The number of halogens is 1. The van der Waals surface area contributed by atoms with Crippen molar-refractivity contribution in [3.05, 3.63) is 20.5 Å². The molecule has 1 aromatic heterocycles. The van der Waals surface area contributed by atoms with Crippen LogP contribution in [0.5, 0.6) is 0 Å².